The van der Waals surface area contributed by atoms with E-state index in [1.165, 1.54) is 7.11 Å². The van der Waals surface area contributed by atoms with Crippen LogP contribution < -0.4 is 16.0 Å². The molecule has 5 heteroatoms. The van der Waals surface area contributed by atoms with Crippen molar-refractivity contribution in [3.63, 3.8) is 0 Å². The topological polar surface area (TPSA) is 73.6 Å². The van der Waals surface area contributed by atoms with Crippen LogP contribution in [0.1, 0.15) is 17.3 Å². The summed E-state index contributed by atoms with van der Waals surface area (Å²) in [7, 11) is 1.53. The van der Waals surface area contributed by atoms with Crippen LogP contribution in [-0.4, -0.2) is 25.7 Å². The van der Waals surface area contributed by atoms with Crippen LogP contribution in [-0.2, 0) is 4.84 Å². The first-order valence-corrected chi connectivity index (χ1v) is 4.95. The summed E-state index contributed by atoms with van der Waals surface area (Å²) in [5, 5.41) is 2.70. The van der Waals surface area contributed by atoms with Crippen LogP contribution in [0, 0.1) is 0 Å². The van der Waals surface area contributed by atoms with Gasteiger partial charge in [-0.2, -0.15) is 0 Å². The van der Waals surface area contributed by atoms with E-state index < -0.39 is 0 Å². The first kappa shape index (κ1) is 12.5. The van der Waals surface area contributed by atoms with Gasteiger partial charge in [0.2, 0.25) is 0 Å². The molecular formula is C11H16N2O3. The van der Waals surface area contributed by atoms with Crippen molar-refractivity contribution in [2.45, 2.75) is 13.0 Å². The molecule has 0 aromatic heterocycles. The van der Waals surface area contributed by atoms with E-state index in [1.54, 1.807) is 31.2 Å². The van der Waals surface area contributed by atoms with E-state index in [0.29, 0.717) is 17.9 Å². The molecular weight excluding hydrogens is 208 g/mol. The van der Waals surface area contributed by atoms with Crippen molar-refractivity contribution in [1.82, 2.24) is 5.32 Å². The highest BCUT2D eigenvalue weighted by atomic mass is 16.6. The zero-order valence-corrected chi connectivity index (χ0v) is 9.40. The fraction of sp³-hybridized carbons (Fsp3) is 0.364. The van der Waals surface area contributed by atoms with Crippen LogP contribution in [0.4, 0.5) is 0 Å². The molecule has 1 unspecified atom stereocenters. The van der Waals surface area contributed by atoms with Gasteiger partial charge in [0.15, 0.2) is 0 Å². The Labute approximate surface area is 94.5 Å². The summed E-state index contributed by atoms with van der Waals surface area (Å²) in [4.78, 5) is 16.3. The van der Waals surface area contributed by atoms with Gasteiger partial charge in [0, 0.05) is 6.54 Å². The van der Waals surface area contributed by atoms with Gasteiger partial charge in [-0.25, -0.2) is 5.90 Å². The van der Waals surface area contributed by atoms with Crippen molar-refractivity contribution in [3.8, 4) is 5.75 Å². The van der Waals surface area contributed by atoms with Crippen molar-refractivity contribution in [2.75, 3.05) is 13.7 Å². The second-order valence-corrected chi connectivity index (χ2v) is 3.36. The lowest BCUT2D eigenvalue weighted by Crippen LogP contribution is -2.33. The highest BCUT2D eigenvalue weighted by Crippen LogP contribution is 2.16. The van der Waals surface area contributed by atoms with Gasteiger partial charge in [0.25, 0.3) is 5.91 Å². The van der Waals surface area contributed by atoms with Gasteiger partial charge in [-0.05, 0) is 19.1 Å². The summed E-state index contributed by atoms with van der Waals surface area (Å²) in [5.74, 6) is 5.31. The number of nitrogens with two attached hydrogens (primary N) is 1. The second kappa shape index (κ2) is 6.09. The van der Waals surface area contributed by atoms with Crippen molar-refractivity contribution >= 4 is 5.91 Å². The summed E-state index contributed by atoms with van der Waals surface area (Å²) in [6.45, 7) is 2.12. The van der Waals surface area contributed by atoms with E-state index in [0.717, 1.165) is 0 Å². The van der Waals surface area contributed by atoms with Crippen molar-refractivity contribution in [2.24, 2.45) is 5.90 Å². The molecule has 0 saturated carbocycles. The van der Waals surface area contributed by atoms with E-state index in [2.05, 4.69) is 10.2 Å². The Morgan fingerprint density at radius 2 is 2.19 bits per heavy atom. The molecule has 0 bridgehead atoms. The molecule has 3 N–H and O–H groups in total. The SMILES string of the molecule is COc1ccccc1C(=O)NCC(C)ON. The molecule has 5 nitrogen and oxygen atoms in total. The Morgan fingerprint density at radius 3 is 2.81 bits per heavy atom. The quantitative estimate of drug-likeness (QED) is 0.722. The number of carbonyl (C=O) groups excluding carboxylic acids is 1. The summed E-state index contributed by atoms with van der Waals surface area (Å²) >= 11 is 0. The van der Waals surface area contributed by atoms with Gasteiger partial charge in [-0.15, -0.1) is 0 Å². The van der Waals surface area contributed by atoms with E-state index in [1.807, 2.05) is 0 Å². The Kier molecular flexibility index (Phi) is 4.75. The summed E-state index contributed by atoms with van der Waals surface area (Å²) in [6.07, 6.45) is -0.223. The minimum atomic E-state index is -0.223. The molecule has 0 radical (unpaired) electrons. The Hall–Kier alpha value is -1.59. The molecule has 1 aromatic rings. The van der Waals surface area contributed by atoms with E-state index in [9.17, 15) is 4.79 Å². The molecule has 16 heavy (non-hydrogen) atoms. The molecule has 0 heterocycles. The lowest BCUT2D eigenvalue weighted by molar-refractivity contribution is 0.0622. The number of ether oxygens (including phenoxy) is 1. The van der Waals surface area contributed by atoms with Gasteiger partial charge in [0.1, 0.15) is 5.75 Å². The number of methoxy groups -OCH3 is 1. The molecule has 0 aliphatic heterocycles. The van der Waals surface area contributed by atoms with E-state index in [-0.39, 0.29) is 12.0 Å². The smallest absolute Gasteiger partial charge is 0.255 e. The van der Waals surface area contributed by atoms with Crippen LogP contribution in [0.25, 0.3) is 0 Å². The first-order chi connectivity index (χ1) is 7.69. The molecule has 88 valence electrons. The average Bonchev–Trinajstić information content (AvgIpc) is 2.35. The molecule has 0 saturated heterocycles. The van der Waals surface area contributed by atoms with E-state index >= 15 is 0 Å². The van der Waals surface area contributed by atoms with Gasteiger partial charge in [-0.3, -0.25) is 9.63 Å². The highest BCUT2D eigenvalue weighted by Gasteiger charge is 2.11. The second-order valence-electron chi connectivity index (χ2n) is 3.36. The zero-order chi connectivity index (χ0) is 12.0. The number of carbonyl (C=O) groups is 1. The fourth-order valence-electron chi connectivity index (χ4n) is 1.21. The van der Waals surface area contributed by atoms with E-state index in [4.69, 9.17) is 10.6 Å². The van der Waals surface area contributed by atoms with Crippen LogP contribution >= 0.6 is 0 Å². The number of hydrogen-bond donors (Lipinski definition) is 2. The monoisotopic (exact) mass is 224 g/mol. The lowest BCUT2D eigenvalue weighted by atomic mass is 10.2. The Morgan fingerprint density at radius 1 is 1.50 bits per heavy atom. The predicted octanol–water partition coefficient (Wildman–Crippen LogP) is 0.704. The third-order valence-electron chi connectivity index (χ3n) is 2.13. The fourth-order valence-corrected chi connectivity index (χ4v) is 1.21. The zero-order valence-electron chi connectivity index (χ0n) is 9.40. The molecule has 1 rings (SSSR count). The van der Waals surface area contributed by atoms with Gasteiger partial charge < -0.3 is 10.1 Å². The average molecular weight is 224 g/mol. The van der Waals surface area contributed by atoms with Crippen LogP contribution in [0.2, 0.25) is 0 Å². The summed E-state index contributed by atoms with van der Waals surface area (Å²) in [5.41, 5.74) is 0.495. The van der Waals surface area contributed by atoms with Gasteiger partial charge in [0.05, 0.1) is 18.8 Å². The van der Waals surface area contributed by atoms with Crippen molar-refractivity contribution in [3.05, 3.63) is 29.8 Å². The standard InChI is InChI=1S/C11H16N2O3/c1-8(16-12)7-13-11(14)9-5-3-4-6-10(9)15-2/h3-6,8H,7,12H2,1-2H3,(H,13,14). The molecule has 1 amide bonds. The Balaban J connectivity index is 2.65. The lowest BCUT2D eigenvalue weighted by Gasteiger charge is -2.11. The number of benzene rings is 1. The molecule has 0 aliphatic rings. The minimum absolute atomic E-state index is 0.207. The molecule has 0 spiro atoms. The summed E-state index contributed by atoms with van der Waals surface area (Å²) in [6, 6.07) is 7.02. The third-order valence-corrected chi connectivity index (χ3v) is 2.13. The largest absolute Gasteiger partial charge is 0.496 e. The maximum absolute atomic E-state index is 11.8. The predicted molar refractivity (Wildman–Crippen MR) is 60.1 cm³/mol. The summed E-state index contributed by atoms with van der Waals surface area (Å²) < 4.78 is 5.08. The number of para-hydroxylation sites is 1. The van der Waals surface area contributed by atoms with Crippen molar-refractivity contribution < 1.29 is 14.4 Å². The number of rotatable bonds is 5. The first-order valence-electron chi connectivity index (χ1n) is 4.95. The van der Waals surface area contributed by atoms with Crippen LogP contribution in [0.15, 0.2) is 24.3 Å². The highest BCUT2D eigenvalue weighted by molar-refractivity contribution is 5.96. The number of hydrogen-bond acceptors (Lipinski definition) is 4. The van der Waals surface area contributed by atoms with Crippen molar-refractivity contribution in [1.29, 1.82) is 0 Å². The third kappa shape index (κ3) is 3.22. The molecule has 0 fully saturated rings. The Bertz CT molecular complexity index is 355. The van der Waals surface area contributed by atoms with Gasteiger partial charge in [-0.1, -0.05) is 12.1 Å². The molecule has 1 aromatic carbocycles. The minimum Gasteiger partial charge on any atom is -0.496 e. The van der Waals surface area contributed by atoms with Crippen LogP contribution in [0.3, 0.4) is 0 Å². The normalized spacial score (nSPS) is 11.9. The number of nitrogens with one attached hydrogen (secondary N) is 1. The maximum Gasteiger partial charge on any atom is 0.255 e. The number of amides is 1. The van der Waals surface area contributed by atoms with Crippen LogP contribution in [0.5, 0.6) is 5.75 Å². The maximum atomic E-state index is 11.8. The molecule has 1 atom stereocenters. The molecule has 0 aliphatic carbocycles. The van der Waals surface area contributed by atoms with Gasteiger partial charge >= 0.3 is 0 Å².